The first-order valence-corrected chi connectivity index (χ1v) is 6.85. The Bertz CT molecular complexity index is 582. The summed E-state index contributed by atoms with van der Waals surface area (Å²) in [5, 5.41) is 4.18. The maximum atomic E-state index is 6.10. The van der Waals surface area contributed by atoms with Crippen molar-refractivity contribution in [3.63, 3.8) is 0 Å². The molecule has 1 N–H and O–H groups in total. The maximum absolute atomic E-state index is 6.10. The Hall–Kier alpha value is -1.06. The van der Waals surface area contributed by atoms with Crippen molar-refractivity contribution in [2.45, 2.75) is 19.8 Å². The summed E-state index contributed by atoms with van der Waals surface area (Å²) in [6.07, 6.45) is 2.30. The highest BCUT2D eigenvalue weighted by Gasteiger charge is 2.19. The van der Waals surface area contributed by atoms with Crippen LogP contribution in [0.25, 0.3) is 11.0 Å². The molecule has 1 aromatic carbocycles. The van der Waals surface area contributed by atoms with Crippen molar-refractivity contribution in [3.05, 3.63) is 28.5 Å². The van der Waals surface area contributed by atoms with Crippen LogP contribution in [0.4, 0.5) is 0 Å². The van der Waals surface area contributed by atoms with Crippen LogP contribution in [0.15, 0.2) is 12.1 Å². The third kappa shape index (κ3) is 2.02. The third-order valence-electron chi connectivity index (χ3n) is 3.85. The second-order valence-electron chi connectivity index (χ2n) is 5.24. The van der Waals surface area contributed by atoms with E-state index in [-0.39, 0.29) is 0 Å². The Kier molecular flexibility index (Phi) is 3.04. The van der Waals surface area contributed by atoms with E-state index in [4.69, 9.17) is 16.6 Å². The van der Waals surface area contributed by atoms with Crippen LogP contribution >= 0.6 is 11.6 Å². The van der Waals surface area contributed by atoms with Crippen LogP contribution in [-0.2, 0) is 13.5 Å². The predicted molar refractivity (Wildman–Crippen MR) is 75.1 cm³/mol. The molecule has 1 aliphatic rings. The van der Waals surface area contributed by atoms with Crippen LogP contribution in [0.1, 0.15) is 17.8 Å². The molecule has 2 aromatic rings. The molecule has 0 bridgehead atoms. The Morgan fingerprint density at radius 1 is 1.50 bits per heavy atom. The second-order valence-corrected chi connectivity index (χ2v) is 5.68. The molecule has 1 saturated heterocycles. The summed E-state index contributed by atoms with van der Waals surface area (Å²) in [6, 6.07) is 3.97. The van der Waals surface area contributed by atoms with E-state index < -0.39 is 0 Å². The molecule has 18 heavy (non-hydrogen) atoms. The van der Waals surface area contributed by atoms with E-state index in [2.05, 4.69) is 23.9 Å². The molecule has 0 aliphatic carbocycles. The zero-order chi connectivity index (χ0) is 12.7. The Morgan fingerprint density at radius 2 is 2.33 bits per heavy atom. The molecule has 1 fully saturated rings. The van der Waals surface area contributed by atoms with Gasteiger partial charge in [-0.25, -0.2) is 4.98 Å². The van der Waals surface area contributed by atoms with Gasteiger partial charge < -0.3 is 9.88 Å². The van der Waals surface area contributed by atoms with Crippen molar-refractivity contribution in [1.82, 2.24) is 14.9 Å². The zero-order valence-electron chi connectivity index (χ0n) is 10.8. The highest BCUT2D eigenvalue weighted by atomic mass is 35.5. The highest BCUT2D eigenvalue weighted by molar-refractivity contribution is 6.31. The van der Waals surface area contributed by atoms with E-state index >= 15 is 0 Å². The fourth-order valence-corrected chi connectivity index (χ4v) is 3.18. The monoisotopic (exact) mass is 263 g/mol. The lowest BCUT2D eigenvalue weighted by molar-refractivity contribution is 0.552. The van der Waals surface area contributed by atoms with Gasteiger partial charge in [-0.05, 0) is 50.0 Å². The highest BCUT2D eigenvalue weighted by Crippen LogP contribution is 2.25. The van der Waals surface area contributed by atoms with E-state index in [0.717, 1.165) is 36.0 Å². The van der Waals surface area contributed by atoms with Crippen LogP contribution in [0.5, 0.6) is 0 Å². The quantitative estimate of drug-likeness (QED) is 0.903. The molecular weight excluding hydrogens is 246 g/mol. The van der Waals surface area contributed by atoms with Crippen LogP contribution < -0.4 is 5.32 Å². The minimum Gasteiger partial charge on any atom is -0.331 e. The standard InChI is InChI=1S/C14H18ClN3/c1-9-5-11(15)7-12-14(9)18(2)13(17-12)6-10-3-4-16-8-10/h5,7,10,16H,3-4,6,8H2,1-2H3. The third-order valence-corrected chi connectivity index (χ3v) is 4.07. The topological polar surface area (TPSA) is 29.9 Å². The fourth-order valence-electron chi connectivity index (χ4n) is 2.91. The SMILES string of the molecule is Cc1cc(Cl)cc2nc(CC3CCNC3)n(C)c12. The van der Waals surface area contributed by atoms with Crippen molar-refractivity contribution in [2.24, 2.45) is 13.0 Å². The number of hydrogen-bond acceptors (Lipinski definition) is 2. The Morgan fingerprint density at radius 3 is 3.06 bits per heavy atom. The van der Waals surface area contributed by atoms with Crippen molar-refractivity contribution in [3.8, 4) is 0 Å². The number of benzene rings is 1. The summed E-state index contributed by atoms with van der Waals surface area (Å²) in [5.41, 5.74) is 3.42. The number of nitrogens with zero attached hydrogens (tertiary/aromatic N) is 2. The molecule has 0 spiro atoms. The van der Waals surface area contributed by atoms with Gasteiger partial charge in [-0.1, -0.05) is 11.6 Å². The van der Waals surface area contributed by atoms with Crippen molar-refractivity contribution < 1.29 is 0 Å². The molecule has 0 amide bonds. The minimum absolute atomic E-state index is 0.719. The summed E-state index contributed by atoms with van der Waals surface area (Å²) in [4.78, 5) is 4.75. The lowest BCUT2D eigenvalue weighted by Gasteiger charge is -2.08. The van der Waals surface area contributed by atoms with Crippen LogP contribution in [0, 0.1) is 12.8 Å². The molecule has 1 aromatic heterocycles. The predicted octanol–water partition coefficient (Wildman–Crippen LogP) is 2.69. The van der Waals surface area contributed by atoms with E-state index in [9.17, 15) is 0 Å². The molecule has 0 saturated carbocycles. The normalized spacial score (nSPS) is 19.8. The smallest absolute Gasteiger partial charge is 0.109 e. The molecule has 1 aliphatic heterocycles. The molecule has 0 radical (unpaired) electrons. The molecule has 2 heterocycles. The van der Waals surface area contributed by atoms with E-state index in [1.54, 1.807) is 0 Å². The van der Waals surface area contributed by atoms with Crippen molar-refractivity contribution in [2.75, 3.05) is 13.1 Å². The van der Waals surface area contributed by atoms with E-state index in [1.165, 1.54) is 23.3 Å². The largest absolute Gasteiger partial charge is 0.331 e. The van der Waals surface area contributed by atoms with Crippen molar-refractivity contribution in [1.29, 1.82) is 0 Å². The van der Waals surface area contributed by atoms with Gasteiger partial charge in [0.15, 0.2) is 0 Å². The zero-order valence-corrected chi connectivity index (χ0v) is 11.6. The molecular formula is C14H18ClN3. The lowest BCUT2D eigenvalue weighted by Crippen LogP contribution is -2.12. The van der Waals surface area contributed by atoms with Crippen LogP contribution in [0.3, 0.4) is 0 Å². The van der Waals surface area contributed by atoms with Crippen LogP contribution in [0.2, 0.25) is 5.02 Å². The average molecular weight is 264 g/mol. The molecule has 3 nitrogen and oxygen atoms in total. The number of nitrogens with one attached hydrogen (secondary N) is 1. The first-order valence-electron chi connectivity index (χ1n) is 6.47. The molecule has 96 valence electrons. The summed E-state index contributed by atoms with van der Waals surface area (Å²) in [6.45, 7) is 4.35. The summed E-state index contributed by atoms with van der Waals surface area (Å²) >= 11 is 6.10. The second kappa shape index (κ2) is 4.56. The number of imidazole rings is 1. The van der Waals surface area contributed by atoms with Gasteiger partial charge >= 0.3 is 0 Å². The lowest BCUT2D eigenvalue weighted by atomic mass is 10.0. The van der Waals surface area contributed by atoms with Gasteiger partial charge in [0, 0.05) is 18.5 Å². The summed E-state index contributed by atoms with van der Waals surface area (Å²) < 4.78 is 2.22. The van der Waals surface area contributed by atoms with Gasteiger partial charge in [-0.3, -0.25) is 0 Å². The fraction of sp³-hybridized carbons (Fsp3) is 0.500. The van der Waals surface area contributed by atoms with Gasteiger partial charge in [0.1, 0.15) is 5.82 Å². The van der Waals surface area contributed by atoms with Crippen LogP contribution in [-0.4, -0.2) is 22.6 Å². The van der Waals surface area contributed by atoms with E-state index in [0.29, 0.717) is 0 Å². The average Bonchev–Trinajstić information content (AvgIpc) is 2.88. The summed E-state index contributed by atoms with van der Waals surface area (Å²) in [7, 11) is 2.11. The minimum atomic E-state index is 0.719. The molecule has 1 unspecified atom stereocenters. The molecule has 1 atom stereocenters. The number of hydrogen-bond donors (Lipinski definition) is 1. The van der Waals surface area contributed by atoms with E-state index in [1.807, 2.05) is 12.1 Å². The molecule has 4 heteroatoms. The Balaban J connectivity index is 2.02. The number of aryl methyl sites for hydroxylation is 2. The first kappa shape index (κ1) is 12.0. The number of aromatic nitrogens is 2. The Labute approximate surface area is 112 Å². The van der Waals surface area contributed by atoms with Gasteiger partial charge in [0.25, 0.3) is 0 Å². The molecule has 3 rings (SSSR count). The van der Waals surface area contributed by atoms with Gasteiger partial charge in [0.2, 0.25) is 0 Å². The summed E-state index contributed by atoms with van der Waals surface area (Å²) in [5.74, 6) is 1.89. The maximum Gasteiger partial charge on any atom is 0.109 e. The van der Waals surface area contributed by atoms with Crippen molar-refractivity contribution >= 4 is 22.6 Å². The van der Waals surface area contributed by atoms with Gasteiger partial charge in [-0.15, -0.1) is 0 Å². The number of halogens is 1. The van der Waals surface area contributed by atoms with Gasteiger partial charge in [-0.2, -0.15) is 0 Å². The number of rotatable bonds is 2. The van der Waals surface area contributed by atoms with Gasteiger partial charge in [0.05, 0.1) is 11.0 Å². The number of fused-ring (bicyclic) bond motifs is 1. The first-order chi connectivity index (χ1) is 8.65.